The van der Waals surface area contributed by atoms with E-state index in [1.807, 2.05) is 11.6 Å². The SMILES string of the molecule is CCSc1nc(N[C@@H]2C[C@H]2c2ccc(F)c(F)c2)c2cnn(CC)c2n1. The van der Waals surface area contributed by atoms with Crippen molar-refractivity contribution in [3.63, 3.8) is 0 Å². The standard InChI is InChI=1S/C18H19F2N5S/c1-3-25-17-12(9-21-25)16(23-18(24-17)26-4-2)22-15-8-11(15)10-5-6-13(19)14(20)7-10/h5-7,9,11,15H,3-4,8H2,1-2H3,(H,22,23,24)/t11-,15+/m0/s1. The fraction of sp³-hybridized carbons (Fsp3) is 0.389. The van der Waals surface area contributed by atoms with Gasteiger partial charge in [0.25, 0.3) is 0 Å². The maximum atomic E-state index is 13.5. The van der Waals surface area contributed by atoms with E-state index in [-0.39, 0.29) is 12.0 Å². The number of aryl methyl sites for hydroxylation is 1. The van der Waals surface area contributed by atoms with Gasteiger partial charge in [-0.3, -0.25) is 0 Å². The summed E-state index contributed by atoms with van der Waals surface area (Å²) in [5.74, 6) is 0.166. The van der Waals surface area contributed by atoms with Gasteiger partial charge in [0.2, 0.25) is 0 Å². The zero-order chi connectivity index (χ0) is 18.3. The number of nitrogens with one attached hydrogen (secondary N) is 1. The predicted molar refractivity (Wildman–Crippen MR) is 98.5 cm³/mol. The number of anilines is 1. The Bertz CT molecular complexity index is 958. The third-order valence-electron chi connectivity index (χ3n) is 4.53. The van der Waals surface area contributed by atoms with Gasteiger partial charge in [0.05, 0.1) is 11.6 Å². The number of benzene rings is 1. The van der Waals surface area contributed by atoms with Gasteiger partial charge in [-0.15, -0.1) is 0 Å². The van der Waals surface area contributed by atoms with Crippen molar-refractivity contribution in [3.8, 4) is 0 Å². The highest BCUT2D eigenvalue weighted by molar-refractivity contribution is 7.99. The Labute approximate surface area is 154 Å². The lowest BCUT2D eigenvalue weighted by molar-refractivity contribution is 0.507. The minimum atomic E-state index is -0.815. The number of nitrogens with zero attached hydrogens (tertiary/aromatic N) is 4. The molecule has 0 aliphatic heterocycles. The molecule has 2 heterocycles. The Morgan fingerprint density at radius 2 is 2.08 bits per heavy atom. The summed E-state index contributed by atoms with van der Waals surface area (Å²) < 4.78 is 28.5. The molecule has 0 saturated heterocycles. The largest absolute Gasteiger partial charge is 0.366 e. The summed E-state index contributed by atoms with van der Waals surface area (Å²) in [5, 5.41) is 9.41. The first kappa shape index (κ1) is 17.2. The highest BCUT2D eigenvalue weighted by Crippen LogP contribution is 2.43. The average Bonchev–Trinajstić information content (AvgIpc) is 3.26. The molecule has 4 rings (SSSR count). The molecule has 0 unspecified atom stereocenters. The van der Waals surface area contributed by atoms with E-state index in [9.17, 15) is 8.78 Å². The van der Waals surface area contributed by atoms with Gasteiger partial charge in [-0.05, 0) is 36.8 Å². The Morgan fingerprint density at radius 1 is 1.23 bits per heavy atom. The molecule has 0 bridgehead atoms. The van der Waals surface area contributed by atoms with Crippen LogP contribution in [0.4, 0.5) is 14.6 Å². The van der Waals surface area contributed by atoms with Gasteiger partial charge < -0.3 is 5.32 Å². The molecule has 26 heavy (non-hydrogen) atoms. The number of hydrogen-bond donors (Lipinski definition) is 1. The Hall–Kier alpha value is -2.22. The van der Waals surface area contributed by atoms with Gasteiger partial charge in [0, 0.05) is 18.5 Å². The number of rotatable bonds is 6. The fourth-order valence-corrected chi connectivity index (χ4v) is 3.68. The molecule has 1 N–H and O–H groups in total. The number of halogens is 2. The van der Waals surface area contributed by atoms with E-state index in [4.69, 9.17) is 0 Å². The molecule has 5 nitrogen and oxygen atoms in total. The maximum Gasteiger partial charge on any atom is 0.191 e. The normalized spacial score (nSPS) is 19.1. The molecule has 8 heteroatoms. The zero-order valence-corrected chi connectivity index (χ0v) is 15.4. The molecule has 3 aromatic rings. The van der Waals surface area contributed by atoms with Gasteiger partial charge in [0.1, 0.15) is 5.82 Å². The first-order valence-corrected chi connectivity index (χ1v) is 9.67. The summed E-state index contributed by atoms with van der Waals surface area (Å²) in [6.07, 6.45) is 2.63. The van der Waals surface area contributed by atoms with Crippen molar-refractivity contribution in [1.29, 1.82) is 0 Å². The molecular formula is C18H19F2N5S. The summed E-state index contributed by atoms with van der Waals surface area (Å²) in [7, 11) is 0. The summed E-state index contributed by atoms with van der Waals surface area (Å²) >= 11 is 1.58. The van der Waals surface area contributed by atoms with E-state index >= 15 is 0 Å². The highest BCUT2D eigenvalue weighted by atomic mass is 32.2. The minimum Gasteiger partial charge on any atom is -0.366 e. The third-order valence-corrected chi connectivity index (χ3v) is 5.26. The molecule has 136 valence electrons. The average molecular weight is 375 g/mol. The molecule has 1 aliphatic carbocycles. The van der Waals surface area contributed by atoms with Crippen LogP contribution in [0.3, 0.4) is 0 Å². The second-order valence-corrected chi connectivity index (χ2v) is 7.48. The quantitative estimate of drug-likeness (QED) is 0.517. The van der Waals surface area contributed by atoms with E-state index in [1.165, 1.54) is 12.1 Å². The van der Waals surface area contributed by atoms with E-state index in [0.717, 1.165) is 41.1 Å². The molecule has 2 aromatic heterocycles. The third kappa shape index (κ3) is 3.13. The van der Waals surface area contributed by atoms with E-state index in [1.54, 1.807) is 24.0 Å². The fourth-order valence-electron chi connectivity index (χ4n) is 3.11. The number of hydrogen-bond acceptors (Lipinski definition) is 5. The first-order valence-electron chi connectivity index (χ1n) is 8.68. The first-order chi connectivity index (χ1) is 12.6. The van der Waals surface area contributed by atoms with Crippen molar-refractivity contribution < 1.29 is 8.78 Å². The number of aromatic nitrogens is 4. The molecule has 0 spiro atoms. The topological polar surface area (TPSA) is 55.6 Å². The lowest BCUT2D eigenvalue weighted by Gasteiger charge is -2.09. The van der Waals surface area contributed by atoms with Gasteiger partial charge in [-0.2, -0.15) is 5.10 Å². The lowest BCUT2D eigenvalue weighted by atomic mass is 10.1. The molecule has 1 aromatic carbocycles. The summed E-state index contributed by atoms with van der Waals surface area (Å²) in [5.41, 5.74) is 1.62. The number of fused-ring (bicyclic) bond motifs is 1. The van der Waals surface area contributed by atoms with Gasteiger partial charge in [-0.1, -0.05) is 24.8 Å². The Balaban J connectivity index is 1.61. The maximum absolute atomic E-state index is 13.5. The van der Waals surface area contributed by atoms with Crippen molar-refractivity contribution >= 4 is 28.6 Å². The number of thioether (sulfide) groups is 1. The van der Waals surface area contributed by atoms with Crippen molar-refractivity contribution in [1.82, 2.24) is 19.7 Å². The summed E-state index contributed by atoms with van der Waals surface area (Å²) in [4.78, 5) is 9.24. The molecule has 0 amide bonds. The van der Waals surface area contributed by atoms with Crippen LogP contribution in [0, 0.1) is 11.6 Å². The van der Waals surface area contributed by atoms with Crippen LogP contribution < -0.4 is 5.32 Å². The molecular weight excluding hydrogens is 356 g/mol. The van der Waals surface area contributed by atoms with E-state index in [2.05, 4.69) is 27.3 Å². The lowest BCUT2D eigenvalue weighted by Crippen LogP contribution is -2.08. The van der Waals surface area contributed by atoms with Crippen LogP contribution in [-0.2, 0) is 6.54 Å². The molecule has 2 atom stereocenters. The summed E-state index contributed by atoms with van der Waals surface area (Å²) in [6.45, 7) is 4.81. The molecule has 0 radical (unpaired) electrons. The van der Waals surface area contributed by atoms with E-state index in [0.29, 0.717) is 5.16 Å². The van der Waals surface area contributed by atoms with Crippen molar-refractivity contribution in [2.75, 3.05) is 11.1 Å². The summed E-state index contributed by atoms with van der Waals surface area (Å²) in [6, 6.07) is 4.25. The van der Waals surface area contributed by atoms with Crippen LogP contribution in [0.5, 0.6) is 0 Å². The highest BCUT2D eigenvalue weighted by Gasteiger charge is 2.39. The smallest absolute Gasteiger partial charge is 0.191 e. The monoisotopic (exact) mass is 375 g/mol. The second kappa shape index (κ2) is 6.83. The van der Waals surface area contributed by atoms with E-state index < -0.39 is 11.6 Å². The van der Waals surface area contributed by atoms with Crippen LogP contribution in [-0.4, -0.2) is 31.5 Å². The van der Waals surface area contributed by atoms with Gasteiger partial charge in [-0.25, -0.2) is 23.4 Å². The van der Waals surface area contributed by atoms with Crippen LogP contribution in [0.25, 0.3) is 11.0 Å². The van der Waals surface area contributed by atoms with Crippen LogP contribution in [0.1, 0.15) is 31.7 Å². The minimum absolute atomic E-state index is 0.141. The van der Waals surface area contributed by atoms with Gasteiger partial charge >= 0.3 is 0 Å². The van der Waals surface area contributed by atoms with Crippen molar-refractivity contribution in [2.45, 2.75) is 43.9 Å². The van der Waals surface area contributed by atoms with Crippen LogP contribution in [0.2, 0.25) is 0 Å². The predicted octanol–water partition coefficient (Wildman–Crippen LogP) is 4.20. The zero-order valence-electron chi connectivity index (χ0n) is 14.5. The van der Waals surface area contributed by atoms with Gasteiger partial charge in [0.15, 0.2) is 22.4 Å². The van der Waals surface area contributed by atoms with Crippen molar-refractivity contribution in [3.05, 3.63) is 41.6 Å². The van der Waals surface area contributed by atoms with Crippen molar-refractivity contribution in [2.24, 2.45) is 0 Å². The molecule has 1 saturated carbocycles. The molecule has 1 fully saturated rings. The Morgan fingerprint density at radius 3 is 2.81 bits per heavy atom. The van der Waals surface area contributed by atoms with Crippen LogP contribution >= 0.6 is 11.8 Å². The Kier molecular flexibility index (Phi) is 4.52. The second-order valence-electron chi connectivity index (χ2n) is 6.25. The molecule has 1 aliphatic rings. The van der Waals surface area contributed by atoms with Crippen LogP contribution in [0.15, 0.2) is 29.6 Å².